The smallest absolute Gasteiger partial charge is 0.341 e. The Hall–Kier alpha value is -3.19. The standard InChI is InChI=1S/C23H21FN2O3S/c1-15(17-10-12-18(24)13-11-17)26-21(27)16(2)29-23(28)20-9-6-14-25-22(20)30-19-7-4-3-5-8-19/h3-16H,1-2H3,(H,26,27)/t15-,16-/m0/s1. The Morgan fingerprint density at radius 2 is 1.70 bits per heavy atom. The van der Waals surface area contributed by atoms with Crippen molar-refractivity contribution < 1.29 is 18.7 Å². The molecule has 0 aliphatic carbocycles. The molecule has 154 valence electrons. The molecule has 0 radical (unpaired) electrons. The summed E-state index contributed by atoms with van der Waals surface area (Å²) in [5.74, 6) is -1.42. The summed E-state index contributed by atoms with van der Waals surface area (Å²) in [6.45, 7) is 3.28. The number of amides is 1. The summed E-state index contributed by atoms with van der Waals surface area (Å²) in [6.07, 6.45) is 0.595. The monoisotopic (exact) mass is 424 g/mol. The molecule has 30 heavy (non-hydrogen) atoms. The number of pyridine rings is 1. The maximum absolute atomic E-state index is 13.1. The van der Waals surface area contributed by atoms with Crippen molar-refractivity contribution in [2.75, 3.05) is 0 Å². The van der Waals surface area contributed by atoms with E-state index in [0.29, 0.717) is 5.03 Å². The van der Waals surface area contributed by atoms with Gasteiger partial charge in [0.15, 0.2) is 6.10 Å². The molecule has 3 aromatic rings. The molecule has 1 N–H and O–H groups in total. The van der Waals surface area contributed by atoms with Crippen LogP contribution in [0.1, 0.15) is 35.8 Å². The van der Waals surface area contributed by atoms with Gasteiger partial charge in [0.25, 0.3) is 5.91 Å². The van der Waals surface area contributed by atoms with Crippen LogP contribution in [-0.4, -0.2) is 23.0 Å². The molecule has 0 spiro atoms. The number of ether oxygens (including phenoxy) is 1. The van der Waals surface area contributed by atoms with E-state index in [4.69, 9.17) is 4.74 Å². The number of rotatable bonds is 7. The molecule has 2 atom stereocenters. The summed E-state index contributed by atoms with van der Waals surface area (Å²) in [4.78, 5) is 30.3. The van der Waals surface area contributed by atoms with E-state index in [2.05, 4.69) is 10.3 Å². The molecule has 1 heterocycles. The van der Waals surface area contributed by atoms with E-state index < -0.39 is 18.0 Å². The summed E-state index contributed by atoms with van der Waals surface area (Å²) >= 11 is 1.34. The summed E-state index contributed by atoms with van der Waals surface area (Å²) in [5.41, 5.74) is 1.04. The fourth-order valence-corrected chi connectivity index (χ4v) is 3.56. The number of nitrogens with one attached hydrogen (secondary N) is 1. The maximum atomic E-state index is 13.1. The number of nitrogens with zero attached hydrogens (tertiary/aromatic N) is 1. The molecule has 0 bridgehead atoms. The van der Waals surface area contributed by atoms with Gasteiger partial charge in [0.05, 0.1) is 11.6 Å². The highest BCUT2D eigenvalue weighted by Gasteiger charge is 2.23. The van der Waals surface area contributed by atoms with Crippen LogP contribution in [0.25, 0.3) is 0 Å². The van der Waals surface area contributed by atoms with Crippen LogP contribution in [-0.2, 0) is 9.53 Å². The van der Waals surface area contributed by atoms with Crippen LogP contribution < -0.4 is 5.32 Å². The van der Waals surface area contributed by atoms with Crippen molar-refractivity contribution in [1.82, 2.24) is 10.3 Å². The predicted octanol–water partition coefficient (Wildman–Crippen LogP) is 4.79. The van der Waals surface area contributed by atoms with Crippen molar-refractivity contribution in [2.24, 2.45) is 0 Å². The minimum atomic E-state index is -1.00. The first-order valence-corrected chi connectivity index (χ1v) is 10.2. The number of hydrogen-bond acceptors (Lipinski definition) is 5. The first-order valence-electron chi connectivity index (χ1n) is 9.39. The molecule has 0 unspecified atom stereocenters. The van der Waals surface area contributed by atoms with Gasteiger partial charge in [-0.1, -0.05) is 42.1 Å². The minimum absolute atomic E-state index is 0.289. The molecule has 5 nitrogen and oxygen atoms in total. The molecule has 2 aromatic carbocycles. The van der Waals surface area contributed by atoms with E-state index in [0.717, 1.165) is 10.5 Å². The molecular weight excluding hydrogens is 403 g/mol. The van der Waals surface area contributed by atoms with Gasteiger partial charge in [-0.3, -0.25) is 4.79 Å². The molecule has 0 aliphatic rings. The van der Waals surface area contributed by atoms with Crippen molar-refractivity contribution >= 4 is 23.6 Å². The van der Waals surface area contributed by atoms with E-state index in [-0.39, 0.29) is 17.4 Å². The van der Waals surface area contributed by atoms with Gasteiger partial charge in [-0.15, -0.1) is 0 Å². The van der Waals surface area contributed by atoms with E-state index in [1.807, 2.05) is 30.3 Å². The zero-order valence-corrected chi connectivity index (χ0v) is 17.4. The lowest BCUT2D eigenvalue weighted by molar-refractivity contribution is -0.129. The number of esters is 1. The Bertz CT molecular complexity index is 1010. The van der Waals surface area contributed by atoms with E-state index in [1.165, 1.54) is 30.8 Å². The van der Waals surface area contributed by atoms with Crippen molar-refractivity contribution in [1.29, 1.82) is 0 Å². The zero-order chi connectivity index (χ0) is 21.5. The van der Waals surface area contributed by atoms with Crippen LogP contribution in [0.5, 0.6) is 0 Å². The highest BCUT2D eigenvalue weighted by Crippen LogP contribution is 2.28. The first kappa shape index (κ1) is 21.5. The van der Waals surface area contributed by atoms with Gasteiger partial charge in [0.2, 0.25) is 0 Å². The average molecular weight is 424 g/mol. The summed E-state index contributed by atoms with van der Waals surface area (Å²) < 4.78 is 18.4. The number of aromatic nitrogens is 1. The van der Waals surface area contributed by atoms with Crippen molar-refractivity contribution in [3.05, 3.63) is 89.9 Å². The molecule has 0 saturated carbocycles. The first-order chi connectivity index (χ1) is 14.4. The normalized spacial score (nSPS) is 12.6. The Morgan fingerprint density at radius 1 is 1.00 bits per heavy atom. The molecule has 7 heteroatoms. The number of hydrogen-bond donors (Lipinski definition) is 1. The molecule has 1 amide bonds. The topological polar surface area (TPSA) is 68.3 Å². The van der Waals surface area contributed by atoms with Gasteiger partial charge in [-0.2, -0.15) is 0 Å². The summed E-state index contributed by atoms with van der Waals surface area (Å²) in [6, 6.07) is 18.3. The van der Waals surface area contributed by atoms with Crippen LogP contribution in [0.4, 0.5) is 4.39 Å². The lowest BCUT2D eigenvalue weighted by Crippen LogP contribution is -2.37. The van der Waals surface area contributed by atoms with Gasteiger partial charge in [0, 0.05) is 11.1 Å². The molecule has 0 fully saturated rings. The molecule has 0 aliphatic heterocycles. The van der Waals surface area contributed by atoms with Crippen LogP contribution in [0.2, 0.25) is 0 Å². The largest absolute Gasteiger partial charge is 0.449 e. The number of halogens is 1. The number of benzene rings is 2. The van der Waals surface area contributed by atoms with Gasteiger partial charge in [-0.25, -0.2) is 14.2 Å². The summed E-state index contributed by atoms with van der Waals surface area (Å²) in [7, 11) is 0. The predicted molar refractivity (Wildman–Crippen MR) is 113 cm³/mol. The second-order valence-corrected chi connectivity index (χ2v) is 7.66. The Labute approximate surface area is 178 Å². The second kappa shape index (κ2) is 10.0. The Morgan fingerprint density at radius 3 is 2.40 bits per heavy atom. The summed E-state index contributed by atoms with van der Waals surface area (Å²) in [5, 5.41) is 3.27. The van der Waals surface area contributed by atoms with Gasteiger partial charge >= 0.3 is 5.97 Å². The van der Waals surface area contributed by atoms with Crippen molar-refractivity contribution in [2.45, 2.75) is 35.9 Å². The third-order valence-electron chi connectivity index (χ3n) is 4.33. The van der Waals surface area contributed by atoms with E-state index in [9.17, 15) is 14.0 Å². The lowest BCUT2D eigenvalue weighted by atomic mass is 10.1. The van der Waals surface area contributed by atoms with Crippen LogP contribution in [0.15, 0.2) is 82.8 Å². The van der Waals surface area contributed by atoms with Gasteiger partial charge in [0.1, 0.15) is 10.8 Å². The number of carbonyl (C=O) groups excluding carboxylic acids is 2. The van der Waals surface area contributed by atoms with Crippen LogP contribution >= 0.6 is 11.8 Å². The average Bonchev–Trinajstić information content (AvgIpc) is 2.75. The van der Waals surface area contributed by atoms with E-state index in [1.54, 1.807) is 37.4 Å². The minimum Gasteiger partial charge on any atom is -0.449 e. The third kappa shape index (κ3) is 5.67. The molecule has 1 aromatic heterocycles. The Kier molecular flexibility index (Phi) is 7.19. The molecular formula is C23H21FN2O3S. The van der Waals surface area contributed by atoms with Crippen molar-refractivity contribution in [3.8, 4) is 0 Å². The quantitative estimate of drug-likeness (QED) is 0.552. The Balaban J connectivity index is 1.64. The van der Waals surface area contributed by atoms with Crippen LogP contribution in [0.3, 0.4) is 0 Å². The zero-order valence-electron chi connectivity index (χ0n) is 16.5. The highest BCUT2D eigenvalue weighted by molar-refractivity contribution is 7.99. The molecule has 0 saturated heterocycles. The SMILES string of the molecule is C[C@H](OC(=O)c1cccnc1Sc1ccccc1)C(=O)N[C@@H](C)c1ccc(F)cc1. The fraction of sp³-hybridized carbons (Fsp3) is 0.174. The third-order valence-corrected chi connectivity index (χ3v) is 5.36. The highest BCUT2D eigenvalue weighted by atomic mass is 32.2. The fourth-order valence-electron chi connectivity index (χ4n) is 2.67. The second-order valence-electron chi connectivity index (χ2n) is 6.60. The van der Waals surface area contributed by atoms with E-state index >= 15 is 0 Å². The maximum Gasteiger partial charge on any atom is 0.341 e. The lowest BCUT2D eigenvalue weighted by Gasteiger charge is -2.18. The van der Waals surface area contributed by atoms with Crippen LogP contribution in [0, 0.1) is 5.82 Å². The van der Waals surface area contributed by atoms with Crippen molar-refractivity contribution in [3.63, 3.8) is 0 Å². The molecule has 3 rings (SSSR count). The van der Waals surface area contributed by atoms with Gasteiger partial charge < -0.3 is 10.1 Å². The van der Waals surface area contributed by atoms with Gasteiger partial charge in [-0.05, 0) is 55.8 Å². The number of carbonyl (C=O) groups is 2.